The second kappa shape index (κ2) is 15.1. The molecule has 1 unspecified atom stereocenters. The number of nitrogens with zero attached hydrogens (tertiary/aromatic N) is 1. The fourth-order valence-corrected chi connectivity index (χ4v) is 5.60. The standard InChI is InChI=1S/C27H42F2N4O4/c1-30-17-21(16-19-8-4-3-5-9-19)32-26(34)33-14-7-10-20(18-33)25(37-15-13-31-27(35)36-2)22-11-6-12-23(28)24(22)29/h6,11-12,19-21,25,30H,3-5,7-10,13-18H2,1-2H3,(H,31,35)(H,32,34)/t20-,21?,25-/m1/s1. The van der Waals surface area contributed by atoms with Gasteiger partial charge >= 0.3 is 12.1 Å². The van der Waals surface area contributed by atoms with E-state index in [4.69, 9.17) is 4.74 Å². The molecule has 0 bridgehead atoms. The Kier molecular flexibility index (Phi) is 11.9. The molecule has 1 saturated carbocycles. The largest absolute Gasteiger partial charge is 0.453 e. The Hall–Kier alpha value is -2.46. The van der Waals surface area contributed by atoms with Crippen LogP contribution in [0.4, 0.5) is 18.4 Å². The first-order valence-electron chi connectivity index (χ1n) is 13.5. The molecule has 37 heavy (non-hydrogen) atoms. The van der Waals surface area contributed by atoms with E-state index in [2.05, 4.69) is 20.7 Å². The van der Waals surface area contributed by atoms with Gasteiger partial charge in [0.1, 0.15) is 0 Å². The topological polar surface area (TPSA) is 91.9 Å². The molecule has 1 heterocycles. The summed E-state index contributed by atoms with van der Waals surface area (Å²) in [5, 5.41) is 8.94. The Morgan fingerprint density at radius 3 is 2.65 bits per heavy atom. The Morgan fingerprint density at radius 1 is 1.14 bits per heavy atom. The van der Waals surface area contributed by atoms with Crippen molar-refractivity contribution in [3.8, 4) is 0 Å². The van der Waals surface area contributed by atoms with Gasteiger partial charge in [-0.2, -0.15) is 0 Å². The molecular formula is C27H42F2N4O4. The quantitative estimate of drug-likeness (QED) is 0.374. The van der Waals surface area contributed by atoms with E-state index in [1.54, 1.807) is 4.90 Å². The lowest BCUT2D eigenvalue weighted by Crippen LogP contribution is -2.52. The molecular weight excluding hydrogens is 482 g/mol. The van der Waals surface area contributed by atoms with Crippen LogP contribution in [0, 0.1) is 23.5 Å². The van der Waals surface area contributed by atoms with Crippen LogP contribution in [0.3, 0.4) is 0 Å². The Labute approximate surface area is 218 Å². The zero-order valence-corrected chi connectivity index (χ0v) is 22.1. The highest BCUT2D eigenvalue weighted by molar-refractivity contribution is 5.74. The molecule has 208 valence electrons. The molecule has 1 saturated heterocycles. The summed E-state index contributed by atoms with van der Waals surface area (Å²) >= 11 is 0. The summed E-state index contributed by atoms with van der Waals surface area (Å²) in [7, 11) is 3.15. The van der Waals surface area contributed by atoms with E-state index in [0.717, 1.165) is 18.9 Å². The van der Waals surface area contributed by atoms with Crippen LogP contribution in [0.25, 0.3) is 0 Å². The average molecular weight is 525 g/mol. The van der Waals surface area contributed by atoms with Gasteiger partial charge in [-0.3, -0.25) is 0 Å². The highest BCUT2D eigenvalue weighted by Crippen LogP contribution is 2.35. The van der Waals surface area contributed by atoms with Gasteiger partial charge in [0.25, 0.3) is 0 Å². The van der Waals surface area contributed by atoms with Crippen molar-refractivity contribution < 1.29 is 27.8 Å². The molecule has 0 aromatic heterocycles. The predicted molar refractivity (Wildman–Crippen MR) is 137 cm³/mol. The zero-order chi connectivity index (χ0) is 26.6. The molecule has 3 rings (SSSR count). The van der Waals surface area contributed by atoms with E-state index in [9.17, 15) is 18.4 Å². The van der Waals surface area contributed by atoms with Gasteiger partial charge in [0, 0.05) is 43.7 Å². The SMILES string of the molecule is CNCC(CC1CCCCC1)NC(=O)N1CCC[C@@H]([C@@H](OCCNC(=O)OC)c2cccc(F)c2F)C1. The van der Waals surface area contributed by atoms with Crippen molar-refractivity contribution in [2.45, 2.75) is 63.5 Å². The molecule has 3 N–H and O–H groups in total. The molecule has 8 nitrogen and oxygen atoms in total. The third-order valence-electron chi connectivity index (χ3n) is 7.44. The summed E-state index contributed by atoms with van der Waals surface area (Å²) in [5.74, 6) is -1.48. The number of ether oxygens (including phenoxy) is 2. The van der Waals surface area contributed by atoms with Crippen LogP contribution in [0.15, 0.2) is 18.2 Å². The number of halogens is 2. The number of alkyl carbamates (subject to hydrolysis) is 1. The molecule has 1 aliphatic carbocycles. The van der Waals surface area contributed by atoms with Gasteiger partial charge in [-0.05, 0) is 38.3 Å². The van der Waals surface area contributed by atoms with Gasteiger partial charge in [0.05, 0.1) is 19.8 Å². The van der Waals surface area contributed by atoms with Crippen molar-refractivity contribution in [2.75, 3.05) is 46.9 Å². The predicted octanol–water partition coefficient (Wildman–Crippen LogP) is 4.36. The van der Waals surface area contributed by atoms with Gasteiger partial charge < -0.3 is 30.3 Å². The monoisotopic (exact) mass is 524 g/mol. The maximum Gasteiger partial charge on any atom is 0.406 e. The average Bonchev–Trinajstić information content (AvgIpc) is 2.91. The molecule has 1 aromatic rings. The normalized spacial score (nSPS) is 20.2. The highest BCUT2D eigenvalue weighted by atomic mass is 19.2. The smallest absolute Gasteiger partial charge is 0.406 e. The summed E-state index contributed by atoms with van der Waals surface area (Å²) in [5.41, 5.74) is 0.121. The highest BCUT2D eigenvalue weighted by Gasteiger charge is 2.34. The molecule has 0 radical (unpaired) electrons. The van der Waals surface area contributed by atoms with Crippen LogP contribution >= 0.6 is 0 Å². The minimum absolute atomic E-state index is 0.0399. The van der Waals surface area contributed by atoms with Gasteiger partial charge in [0.15, 0.2) is 11.6 Å². The third-order valence-corrected chi connectivity index (χ3v) is 7.44. The van der Waals surface area contributed by atoms with Crippen LogP contribution in [-0.4, -0.2) is 70.0 Å². The van der Waals surface area contributed by atoms with Crippen LogP contribution in [0.2, 0.25) is 0 Å². The number of rotatable bonds is 11. The van der Waals surface area contributed by atoms with Crippen molar-refractivity contribution in [3.05, 3.63) is 35.4 Å². The fraction of sp³-hybridized carbons (Fsp3) is 0.704. The number of likely N-dealkylation sites (tertiary alicyclic amines) is 1. The maximum atomic E-state index is 14.8. The van der Waals surface area contributed by atoms with Crippen LogP contribution in [0.1, 0.15) is 63.0 Å². The Morgan fingerprint density at radius 2 is 1.92 bits per heavy atom. The van der Waals surface area contributed by atoms with Crippen molar-refractivity contribution in [1.82, 2.24) is 20.9 Å². The lowest BCUT2D eigenvalue weighted by atomic mass is 9.85. The lowest BCUT2D eigenvalue weighted by Gasteiger charge is -2.38. The first-order valence-corrected chi connectivity index (χ1v) is 13.5. The Balaban J connectivity index is 1.66. The van der Waals surface area contributed by atoms with E-state index in [-0.39, 0.29) is 36.7 Å². The van der Waals surface area contributed by atoms with Gasteiger partial charge in [-0.15, -0.1) is 0 Å². The van der Waals surface area contributed by atoms with Crippen molar-refractivity contribution in [2.24, 2.45) is 11.8 Å². The van der Waals surface area contributed by atoms with Gasteiger partial charge in [0.2, 0.25) is 0 Å². The summed E-state index contributed by atoms with van der Waals surface area (Å²) in [6, 6.07) is 3.95. The minimum Gasteiger partial charge on any atom is -0.453 e. The third kappa shape index (κ3) is 8.81. The summed E-state index contributed by atoms with van der Waals surface area (Å²) in [4.78, 5) is 26.4. The molecule has 0 spiro atoms. The number of piperidine rings is 1. The maximum absolute atomic E-state index is 14.8. The second-order valence-corrected chi connectivity index (χ2v) is 10.1. The number of carbonyl (C=O) groups is 2. The molecule has 10 heteroatoms. The van der Waals surface area contributed by atoms with Gasteiger partial charge in [-0.1, -0.05) is 44.2 Å². The van der Waals surface area contributed by atoms with E-state index in [0.29, 0.717) is 32.0 Å². The fourth-order valence-electron chi connectivity index (χ4n) is 5.60. The lowest BCUT2D eigenvalue weighted by molar-refractivity contribution is -0.0109. The number of benzene rings is 1. The van der Waals surface area contributed by atoms with E-state index >= 15 is 0 Å². The molecule has 1 aliphatic heterocycles. The summed E-state index contributed by atoms with van der Waals surface area (Å²) in [6.45, 7) is 1.91. The number of amides is 3. The van der Waals surface area contributed by atoms with E-state index in [1.807, 2.05) is 7.05 Å². The van der Waals surface area contributed by atoms with Gasteiger partial charge in [-0.25, -0.2) is 18.4 Å². The van der Waals surface area contributed by atoms with Crippen molar-refractivity contribution in [3.63, 3.8) is 0 Å². The first kappa shape index (κ1) is 29.1. The number of nitrogens with one attached hydrogen (secondary N) is 3. The summed E-state index contributed by atoms with van der Waals surface area (Å²) in [6.07, 6.45) is 7.27. The molecule has 1 aromatic carbocycles. The minimum atomic E-state index is -0.948. The van der Waals surface area contributed by atoms with E-state index in [1.165, 1.54) is 51.3 Å². The van der Waals surface area contributed by atoms with Crippen LogP contribution < -0.4 is 16.0 Å². The number of urea groups is 1. The molecule has 3 amide bonds. The summed E-state index contributed by atoms with van der Waals surface area (Å²) < 4.78 is 39.4. The van der Waals surface area contributed by atoms with Crippen LogP contribution in [-0.2, 0) is 9.47 Å². The Bertz CT molecular complexity index is 869. The molecule has 2 aliphatic rings. The number of methoxy groups -OCH3 is 1. The molecule has 3 atom stereocenters. The number of carbonyl (C=O) groups excluding carboxylic acids is 2. The second-order valence-electron chi connectivity index (χ2n) is 10.1. The molecule has 2 fully saturated rings. The number of hydrogen-bond acceptors (Lipinski definition) is 5. The number of hydrogen-bond donors (Lipinski definition) is 3. The van der Waals surface area contributed by atoms with Crippen LogP contribution in [0.5, 0.6) is 0 Å². The number of likely N-dealkylation sites (N-methyl/N-ethyl adjacent to an activating group) is 1. The van der Waals surface area contributed by atoms with Crippen molar-refractivity contribution in [1.29, 1.82) is 0 Å². The zero-order valence-electron chi connectivity index (χ0n) is 22.1. The van der Waals surface area contributed by atoms with E-state index < -0.39 is 23.8 Å². The van der Waals surface area contributed by atoms with Crippen molar-refractivity contribution >= 4 is 12.1 Å². The first-order chi connectivity index (χ1) is 17.9.